The van der Waals surface area contributed by atoms with E-state index in [1.807, 2.05) is 0 Å². The van der Waals surface area contributed by atoms with E-state index in [-0.39, 0.29) is 11.9 Å². The van der Waals surface area contributed by atoms with Crippen LogP contribution in [-0.2, 0) is 17.6 Å². The van der Waals surface area contributed by atoms with Gasteiger partial charge in [0.25, 0.3) is 6.47 Å². The number of hydrogen-bond acceptors (Lipinski definition) is 6. The Bertz CT molecular complexity index is 984. The van der Waals surface area contributed by atoms with Crippen LogP contribution < -0.4 is 14.8 Å². The molecule has 0 bridgehead atoms. The summed E-state index contributed by atoms with van der Waals surface area (Å²) in [6, 6.07) is 4.24. The van der Waals surface area contributed by atoms with E-state index in [2.05, 4.69) is 50.0 Å². The molecule has 2 aromatic rings. The van der Waals surface area contributed by atoms with Crippen LogP contribution in [0, 0.1) is 11.3 Å². The molecule has 7 nitrogen and oxygen atoms in total. The van der Waals surface area contributed by atoms with Crippen molar-refractivity contribution in [2.75, 3.05) is 45.2 Å². The Balaban J connectivity index is 0.00000108. The van der Waals surface area contributed by atoms with Gasteiger partial charge >= 0.3 is 0 Å². The summed E-state index contributed by atoms with van der Waals surface area (Å²) in [6.07, 6.45) is 6.98. The second-order valence-corrected chi connectivity index (χ2v) is 10.9. The summed E-state index contributed by atoms with van der Waals surface area (Å²) in [7, 11) is 1.73. The first kappa shape index (κ1) is 27.1. The Labute approximate surface area is 210 Å². The third-order valence-electron chi connectivity index (χ3n) is 6.89. The van der Waals surface area contributed by atoms with Crippen molar-refractivity contribution in [3.05, 3.63) is 23.3 Å². The molecule has 0 unspecified atom stereocenters. The van der Waals surface area contributed by atoms with Crippen LogP contribution in [0.25, 0.3) is 10.9 Å². The van der Waals surface area contributed by atoms with Gasteiger partial charge in [0.05, 0.1) is 19.2 Å². The average molecular weight is 486 g/mol. The summed E-state index contributed by atoms with van der Waals surface area (Å²) in [5.41, 5.74) is 4.06. The second-order valence-electron chi connectivity index (χ2n) is 10.9. The molecule has 0 atom stereocenters. The van der Waals surface area contributed by atoms with E-state index >= 15 is 0 Å². The van der Waals surface area contributed by atoms with E-state index in [4.69, 9.17) is 24.4 Å². The molecule has 7 heteroatoms. The molecule has 0 spiro atoms. The van der Waals surface area contributed by atoms with Crippen LogP contribution in [0.5, 0.6) is 11.5 Å². The Morgan fingerprint density at radius 1 is 1.17 bits per heavy atom. The summed E-state index contributed by atoms with van der Waals surface area (Å²) in [5.74, 6) is 3.35. The minimum absolute atomic E-state index is 0.250. The number of nitrogens with one attached hydrogen (secondary N) is 1. The number of rotatable bonds is 10. The maximum Gasteiger partial charge on any atom is 0.290 e. The molecule has 35 heavy (non-hydrogen) atoms. The standard InChI is InChI=1S/C27H41N3O2.CH2O2/c1-19(2)9-10-28-26-22-18-27(3,4)17-21(22)20-15-24(31-5)25(16-23(20)29-26)32-14-8-13-30-11-6-7-12-30;2-1-3/h15-16,19H,6-14,17-18H2,1-5H3,(H,28,29);1H,(H,2,3). The van der Waals surface area contributed by atoms with Gasteiger partial charge in [-0.3, -0.25) is 4.79 Å². The summed E-state index contributed by atoms with van der Waals surface area (Å²) < 4.78 is 11.9. The van der Waals surface area contributed by atoms with Gasteiger partial charge in [0, 0.05) is 24.5 Å². The molecule has 194 valence electrons. The van der Waals surface area contributed by atoms with E-state index < -0.39 is 0 Å². The fourth-order valence-electron chi connectivity index (χ4n) is 5.16. The van der Waals surface area contributed by atoms with Crippen molar-refractivity contribution in [1.29, 1.82) is 0 Å². The molecule has 0 saturated carbocycles. The van der Waals surface area contributed by atoms with Crippen LogP contribution in [-0.4, -0.2) is 61.4 Å². The fourth-order valence-corrected chi connectivity index (χ4v) is 5.16. The van der Waals surface area contributed by atoms with Crippen LogP contribution in [0.3, 0.4) is 0 Å². The lowest BCUT2D eigenvalue weighted by molar-refractivity contribution is -0.122. The number of benzene rings is 1. The number of fused-ring (bicyclic) bond motifs is 3. The number of hydrogen-bond donors (Lipinski definition) is 2. The van der Waals surface area contributed by atoms with Gasteiger partial charge in [-0.25, -0.2) is 4.98 Å². The molecule has 4 rings (SSSR count). The van der Waals surface area contributed by atoms with Crippen molar-refractivity contribution in [3.63, 3.8) is 0 Å². The largest absolute Gasteiger partial charge is 0.493 e. The Hall–Kier alpha value is -2.54. The van der Waals surface area contributed by atoms with Crippen LogP contribution in [0.1, 0.15) is 64.5 Å². The van der Waals surface area contributed by atoms with Crippen molar-refractivity contribution >= 4 is 23.2 Å². The van der Waals surface area contributed by atoms with Gasteiger partial charge in [-0.05, 0) is 80.1 Å². The third kappa shape index (κ3) is 7.23. The molecule has 1 aliphatic heterocycles. The highest BCUT2D eigenvalue weighted by atomic mass is 16.5. The highest BCUT2D eigenvalue weighted by molar-refractivity contribution is 5.89. The number of anilines is 1. The number of methoxy groups -OCH3 is 1. The first-order valence-corrected chi connectivity index (χ1v) is 13.0. The van der Waals surface area contributed by atoms with Gasteiger partial charge in [-0.1, -0.05) is 27.7 Å². The lowest BCUT2D eigenvalue weighted by Gasteiger charge is -2.17. The first-order chi connectivity index (χ1) is 16.8. The van der Waals surface area contributed by atoms with Crippen molar-refractivity contribution in [1.82, 2.24) is 9.88 Å². The maximum atomic E-state index is 8.36. The van der Waals surface area contributed by atoms with E-state index in [1.165, 1.54) is 42.4 Å². The zero-order chi connectivity index (χ0) is 25.4. The molecule has 1 fully saturated rings. The number of ether oxygens (including phenoxy) is 2. The second kappa shape index (κ2) is 12.4. The molecule has 0 radical (unpaired) electrons. The average Bonchev–Trinajstić information content (AvgIpc) is 3.43. The van der Waals surface area contributed by atoms with Gasteiger partial charge in [0.15, 0.2) is 11.5 Å². The van der Waals surface area contributed by atoms with E-state index in [1.54, 1.807) is 7.11 Å². The van der Waals surface area contributed by atoms with Crippen molar-refractivity contribution in [3.8, 4) is 11.5 Å². The molecule has 1 aliphatic carbocycles. The molecular weight excluding hydrogens is 442 g/mol. The zero-order valence-electron chi connectivity index (χ0n) is 22.2. The monoisotopic (exact) mass is 485 g/mol. The Kier molecular flexibility index (Phi) is 9.61. The molecule has 1 aromatic heterocycles. The SMILES string of the molecule is COc1cc2c3c(c(NCCC(C)C)nc2cc1OCCCN1CCCC1)CC(C)(C)C3.O=CO. The van der Waals surface area contributed by atoms with E-state index in [0.717, 1.165) is 61.6 Å². The summed E-state index contributed by atoms with van der Waals surface area (Å²) >= 11 is 0. The van der Waals surface area contributed by atoms with Crippen LogP contribution in [0.4, 0.5) is 5.82 Å². The smallest absolute Gasteiger partial charge is 0.290 e. The minimum atomic E-state index is -0.250. The summed E-state index contributed by atoms with van der Waals surface area (Å²) in [5, 5.41) is 11.7. The number of carboxylic acid groups (broad SMARTS) is 1. The molecular formula is C28H43N3O4. The molecule has 2 aliphatic rings. The number of likely N-dealkylation sites (tertiary alicyclic amines) is 1. The highest BCUT2D eigenvalue weighted by Crippen LogP contribution is 2.44. The summed E-state index contributed by atoms with van der Waals surface area (Å²) in [6.45, 7) is 14.2. The van der Waals surface area contributed by atoms with Crippen LogP contribution >= 0.6 is 0 Å². The molecule has 2 N–H and O–H groups in total. The minimum Gasteiger partial charge on any atom is -0.493 e. The lowest BCUT2D eigenvalue weighted by atomic mass is 9.90. The lowest BCUT2D eigenvalue weighted by Crippen LogP contribution is -2.21. The Morgan fingerprint density at radius 3 is 2.51 bits per heavy atom. The van der Waals surface area contributed by atoms with E-state index in [9.17, 15) is 0 Å². The van der Waals surface area contributed by atoms with Crippen LogP contribution in [0.15, 0.2) is 12.1 Å². The van der Waals surface area contributed by atoms with Crippen molar-refractivity contribution in [2.24, 2.45) is 11.3 Å². The van der Waals surface area contributed by atoms with Gasteiger partial charge in [0.1, 0.15) is 5.82 Å². The maximum absolute atomic E-state index is 8.36. The molecule has 1 aromatic carbocycles. The van der Waals surface area contributed by atoms with Gasteiger partial charge in [0.2, 0.25) is 0 Å². The molecule has 2 heterocycles. The number of nitrogens with zero attached hydrogens (tertiary/aromatic N) is 2. The third-order valence-corrected chi connectivity index (χ3v) is 6.89. The van der Waals surface area contributed by atoms with E-state index in [0.29, 0.717) is 12.5 Å². The van der Waals surface area contributed by atoms with Crippen molar-refractivity contribution < 1.29 is 19.4 Å². The molecule has 0 amide bonds. The topological polar surface area (TPSA) is 83.9 Å². The van der Waals surface area contributed by atoms with Gasteiger partial charge in [-0.2, -0.15) is 0 Å². The fraction of sp³-hybridized carbons (Fsp3) is 0.643. The zero-order valence-corrected chi connectivity index (χ0v) is 22.2. The quantitative estimate of drug-likeness (QED) is 0.345. The normalized spacial score (nSPS) is 16.6. The Morgan fingerprint density at radius 2 is 1.86 bits per heavy atom. The first-order valence-electron chi connectivity index (χ1n) is 13.0. The molecule has 1 saturated heterocycles. The van der Waals surface area contributed by atoms with Gasteiger partial charge in [-0.15, -0.1) is 0 Å². The van der Waals surface area contributed by atoms with Crippen LogP contribution in [0.2, 0.25) is 0 Å². The summed E-state index contributed by atoms with van der Waals surface area (Å²) in [4.78, 5) is 16.0. The number of aromatic nitrogens is 1. The number of carbonyl (C=O) groups is 1. The number of pyridine rings is 1. The predicted molar refractivity (Wildman–Crippen MR) is 142 cm³/mol. The highest BCUT2D eigenvalue weighted by Gasteiger charge is 2.33. The van der Waals surface area contributed by atoms with Crippen molar-refractivity contribution in [2.45, 2.75) is 66.2 Å². The predicted octanol–water partition coefficient (Wildman–Crippen LogP) is 5.39. The van der Waals surface area contributed by atoms with Gasteiger partial charge < -0.3 is 24.8 Å².